The zero-order valence-electron chi connectivity index (χ0n) is 16.3. The molecule has 0 aliphatic carbocycles. The van der Waals surface area contributed by atoms with Gasteiger partial charge in [-0.25, -0.2) is 4.90 Å². The van der Waals surface area contributed by atoms with Gasteiger partial charge in [0.25, 0.3) is 0 Å². The van der Waals surface area contributed by atoms with E-state index >= 15 is 0 Å². The summed E-state index contributed by atoms with van der Waals surface area (Å²) in [7, 11) is 1.53. The number of methoxy groups -OCH3 is 1. The van der Waals surface area contributed by atoms with Crippen LogP contribution in [0.5, 0.6) is 5.75 Å². The van der Waals surface area contributed by atoms with Crippen molar-refractivity contribution in [1.82, 2.24) is 0 Å². The lowest BCUT2D eigenvalue weighted by molar-refractivity contribution is -0.121. The van der Waals surface area contributed by atoms with Crippen LogP contribution in [0, 0.1) is 0 Å². The van der Waals surface area contributed by atoms with Gasteiger partial charge >= 0.3 is 0 Å². The Balaban J connectivity index is 1.37. The molecule has 0 aromatic heterocycles. The van der Waals surface area contributed by atoms with Crippen molar-refractivity contribution in [3.8, 4) is 5.75 Å². The molecule has 1 heterocycles. The number of hydrogen-bond acceptors (Lipinski definition) is 5. The monoisotopic (exact) mass is 420 g/mol. The van der Waals surface area contributed by atoms with E-state index in [0.717, 1.165) is 10.8 Å². The van der Waals surface area contributed by atoms with E-state index in [2.05, 4.69) is 5.32 Å². The molecule has 4 rings (SSSR count). The van der Waals surface area contributed by atoms with Gasteiger partial charge < -0.3 is 10.1 Å². The first-order valence-corrected chi connectivity index (χ1v) is 10.5. The number of nitrogens with one attached hydrogen (secondary N) is 1. The van der Waals surface area contributed by atoms with Crippen LogP contribution < -0.4 is 15.0 Å². The van der Waals surface area contributed by atoms with Gasteiger partial charge in [0, 0.05) is 18.2 Å². The van der Waals surface area contributed by atoms with Crippen molar-refractivity contribution >= 4 is 51.6 Å². The normalized spacial score (nSPS) is 16.2. The average molecular weight is 420 g/mol. The van der Waals surface area contributed by atoms with Crippen LogP contribution in [-0.2, 0) is 14.4 Å². The minimum Gasteiger partial charge on any atom is -0.497 e. The van der Waals surface area contributed by atoms with Crippen LogP contribution >= 0.6 is 11.8 Å². The van der Waals surface area contributed by atoms with Crippen molar-refractivity contribution in [2.45, 2.75) is 11.7 Å². The molecule has 3 aromatic rings. The quantitative estimate of drug-likeness (QED) is 0.613. The molecule has 0 saturated carbocycles. The Morgan fingerprint density at radius 3 is 2.67 bits per heavy atom. The summed E-state index contributed by atoms with van der Waals surface area (Å²) in [5, 5.41) is 4.41. The number of carbonyl (C=O) groups is 3. The van der Waals surface area contributed by atoms with E-state index in [1.807, 2.05) is 42.5 Å². The Morgan fingerprint density at radius 1 is 1.07 bits per heavy atom. The third kappa shape index (κ3) is 4.16. The molecule has 1 aliphatic heterocycles. The maximum Gasteiger partial charge on any atom is 0.247 e. The summed E-state index contributed by atoms with van der Waals surface area (Å²) < 4.78 is 5.17. The molecule has 1 saturated heterocycles. The minimum absolute atomic E-state index is 0.0734. The second-order valence-corrected chi connectivity index (χ2v) is 8.07. The number of rotatable bonds is 6. The molecular formula is C23H20N2O4S. The second-order valence-electron chi connectivity index (χ2n) is 6.88. The van der Waals surface area contributed by atoms with Crippen molar-refractivity contribution < 1.29 is 19.1 Å². The standard InChI is InChI=1S/C23H20N2O4S/c1-29-19-8-4-7-18(12-19)25-22(27)13-20(23(25)28)30-14-21(26)24-17-10-9-15-5-2-3-6-16(15)11-17/h2-12,20H,13-14H2,1H3,(H,24,26). The molecule has 7 heteroatoms. The van der Waals surface area contributed by atoms with E-state index in [1.165, 1.54) is 23.8 Å². The van der Waals surface area contributed by atoms with E-state index < -0.39 is 5.25 Å². The van der Waals surface area contributed by atoms with Crippen LogP contribution in [0.3, 0.4) is 0 Å². The summed E-state index contributed by atoms with van der Waals surface area (Å²) in [6.07, 6.45) is 0.0734. The fraction of sp³-hybridized carbons (Fsp3) is 0.174. The lowest BCUT2D eigenvalue weighted by Crippen LogP contribution is -2.31. The molecule has 0 bridgehead atoms. The van der Waals surface area contributed by atoms with Crippen LogP contribution in [0.25, 0.3) is 10.8 Å². The highest BCUT2D eigenvalue weighted by Crippen LogP contribution is 2.31. The van der Waals surface area contributed by atoms with Gasteiger partial charge in [-0.3, -0.25) is 14.4 Å². The van der Waals surface area contributed by atoms with E-state index in [4.69, 9.17) is 4.74 Å². The maximum atomic E-state index is 12.7. The molecule has 1 atom stereocenters. The maximum absolute atomic E-state index is 12.7. The number of thioether (sulfide) groups is 1. The molecule has 152 valence electrons. The lowest BCUT2D eigenvalue weighted by Gasteiger charge is -2.15. The zero-order chi connectivity index (χ0) is 21.1. The number of hydrogen-bond donors (Lipinski definition) is 1. The Kier molecular flexibility index (Phi) is 5.72. The van der Waals surface area contributed by atoms with E-state index in [9.17, 15) is 14.4 Å². The molecule has 0 spiro atoms. The SMILES string of the molecule is COc1cccc(N2C(=O)CC(SCC(=O)Nc3ccc4ccccc4c3)C2=O)c1. The summed E-state index contributed by atoms with van der Waals surface area (Å²) in [5.41, 5.74) is 1.18. The average Bonchev–Trinajstić information content (AvgIpc) is 3.05. The van der Waals surface area contributed by atoms with Crippen LogP contribution in [0.2, 0.25) is 0 Å². The van der Waals surface area contributed by atoms with Crippen molar-refractivity contribution in [3.63, 3.8) is 0 Å². The Bertz CT molecular complexity index is 1130. The molecule has 1 N–H and O–H groups in total. The summed E-state index contributed by atoms with van der Waals surface area (Å²) in [6.45, 7) is 0. The van der Waals surface area contributed by atoms with E-state index in [1.54, 1.807) is 24.3 Å². The first kappa shape index (κ1) is 20.0. The van der Waals surface area contributed by atoms with Gasteiger partial charge in [-0.1, -0.05) is 36.4 Å². The summed E-state index contributed by atoms with van der Waals surface area (Å²) in [6, 6.07) is 20.4. The van der Waals surface area contributed by atoms with Gasteiger partial charge in [0.15, 0.2) is 0 Å². The molecular weight excluding hydrogens is 400 g/mol. The number of amides is 3. The zero-order valence-corrected chi connectivity index (χ0v) is 17.1. The van der Waals surface area contributed by atoms with Gasteiger partial charge in [0.2, 0.25) is 17.7 Å². The predicted molar refractivity (Wildman–Crippen MR) is 119 cm³/mol. The highest BCUT2D eigenvalue weighted by molar-refractivity contribution is 8.01. The van der Waals surface area contributed by atoms with Crippen molar-refractivity contribution in [2.75, 3.05) is 23.1 Å². The largest absolute Gasteiger partial charge is 0.497 e. The van der Waals surface area contributed by atoms with Gasteiger partial charge in [-0.2, -0.15) is 0 Å². The molecule has 1 unspecified atom stereocenters. The molecule has 0 radical (unpaired) electrons. The van der Waals surface area contributed by atoms with Crippen molar-refractivity contribution in [3.05, 3.63) is 66.7 Å². The molecule has 3 amide bonds. The fourth-order valence-corrected chi connectivity index (χ4v) is 4.33. The topological polar surface area (TPSA) is 75.7 Å². The smallest absolute Gasteiger partial charge is 0.247 e. The molecule has 3 aromatic carbocycles. The van der Waals surface area contributed by atoms with Gasteiger partial charge in [-0.05, 0) is 35.0 Å². The van der Waals surface area contributed by atoms with Crippen LogP contribution in [0.1, 0.15) is 6.42 Å². The Morgan fingerprint density at radius 2 is 1.87 bits per heavy atom. The number of carbonyl (C=O) groups excluding carboxylic acids is 3. The summed E-state index contributed by atoms with van der Waals surface area (Å²) in [4.78, 5) is 38.7. The molecule has 6 nitrogen and oxygen atoms in total. The van der Waals surface area contributed by atoms with E-state index in [-0.39, 0.29) is 29.9 Å². The highest BCUT2D eigenvalue weighted by atomic mass is 32.2. The summed E-state index contributed by atoms with van der Waals surface area (Å²) >= 11 is 1.18. The fourth-order valence-electron chi connectivity index (χ4n) is 3.40. The molecule has 30 heavy (non-hydrogen) atoms. The van der Waals surface area contributed by atoms with Crippen molar-refractivity contribution in [2.24, 2.45) is 0 Å². The minimum atomic E-state index is -0.578. The number of anilines is 2. The first-order valence-electron chi connectivity index (χ1n) is 9.46. The first-order chi connectivity index (χ1) is 14.5. The Hall–Kier alpha value is -3.32. The third-order valence-electron chi connectivity index (χ3n) is 4.87. The molecule has 1 aliphatic rings. The lowest BCUT2D eigenvalue weighted by atomic mass is 10.1. The van der Waals surface area contributed by atoms with Crippen LogP contribution in [-0.4, -0.2) is 35.8 Å². The third-order valence-corrected chi connectivity index (χ3v) is 6.07. The number of ether oxygens (including phenoxy) is 1. The number of imide groups is 1. The highest BCUT2D eigenvalue weighted by Gasteiger charge is 2.40. The summed E-state index contributed by atoms with van der Waals surface area (Å²) in [5.74, 6) is -0.144. The Labute approximate surface area is 178 Å². The van der Waals surface area contributed by atoms with Gasteiger partial charge in [0.05, 0.1) is 23.8 Å². The number of nitrogens with zero attached hydrogens (tertiary/aromatic N) is 1. The van der Waals surface area contributed by atoms with Gasteiger partial charge in [-0.15, -0.1) is 11.8 Å². The van der Waals surface area contributed by atoms with Crippen molar-refractivity contribution in [1.29, 1.82) is 0 Å². The van der Waals surface area contributed by atoms with Crippen LogP contribution in [0.4, 0.5) is 11.4 Å². The number of fused-ring (bicyclic) bond motifs is 1. The second kappa shape index (κ2) is 8.59. The molecule has 1 fully saturated rings. The predicted octanol–water partition coefficient (Wildman–Crippen LogP) is 3.85. The van der Waals surface area contributed by atoms with E-state index in [0.29, 0.717) is 17.1 Å². The van der Waals surface area contributed by atoms with Gasteiger partial charge in [0.1, 0.15) is 5.75 Å². The number of benzene rings is 3. The van der Waals surface area contributed by atoms with Crippen LogP contribution in [0.15, 0.2) is 66.7 Å².